The minimum Gasteiger partial charge on any atom is -0.389 e. The van der Waals surface area contributed by atoms with Crippen molar-refractivity contribution < 1.29 is 13.7 Å². The number of aromatic nitrogens is 3. The van der Waals surface area contributed by atoms with Crippen LogP contribution in [-0.4, -0.2) is 96.4 Å². The molecule has 1 unspecified atom stereocenters. The minimum atomic E-state index is -0.626. The number of anilines is 3. The zero-order valence-electron chi connectivity index (χ0n) is 24.4. The summed E-state index contributed by atoms with van der Waals surface area (Å²) in [6, 6.07) is 6.34. The minimum absolute atomic E-state index is 0.0625. The monoisotopic (exact) mass is 605 g/mol. The standard InChI is InChI=1S/C30H36FN9O2S/c1-3-25(41)40-15-13-38(14-16-40)20-17-22(34-24(18-20)39-11-9-37(8-7-31)10-12-39)28-35-29(42-36-28)30(2)6-4-5-23-26(30)21(19-32)27(33)43-23/h3,17-18H,1,4-16,33H2,2H3. The normalized spacial score (nSPS) is 21.0. The van der Waals surface area contributed by atoms with E-state index in [9.17, 15) is 14.4 Å². The SMILES string of the molecule is C=CC(=O)N1CCN(c2cc(-c3noc(C4(C)CCCc5sc(N)c(C#N)c54)n3)nc(N3CCN(CCF)CC3)c2)CC1. The van der Waals surface area contributed by atoms with Crippen LogP contribution in [0.2, 0.25) is 0 Å². The van der Waals surface area contributed by atoms with Crippen LogP contribution in [0.4, 0.5) is 20.9 Å². The van der Waals surface area contributed by atoms with E-state index in [4.69, 9.17) is 20.2 Å². The van der Waals surface area contributed by atoms with Gasteiger partial charge in [0.2, 0.25) is 17.6 Å². The zero-order chi connectivity index (χ0) is 30.1. The van der Waals surface area contributed by atoms with Gasteiger partial charge in [-0.25, -0.2) is 9.37 Å². The molecule has 3 aliphatic rings. The topological polar surface area (TPSA) is 132 Å². The maximum Gasteiger partial charge on any atom is 0.246 e. The van der Waals surface area contributed by atoms with E-state index in [0.717, 1.165) is 67.4 Å². The van der Waals surface area contributed by atoms with Gasteiger partial charge in [0.05, 0.1) is 11.0 Å². The number of nitrogens with two attached hydrogens (primary N) is 1. The number of aryl methyl sites for hydroxylation is 1. The summed E-state index contributed by atoms with van der Waals surface area (Å²) in [6.07, 6.45) is 3.93. The maximum absolute atomic E-state index is 12.9. The molecule has 6 rings (SSSR count). The number of carbonyl (C=O) groups is 1. The highest BCUT2D eigenvalue weighted by molar-refractivity contribution is 7.16. The van der Waals surface area contributed by atoms with Gasteiger partial charge in [-0.15, -0.1) is 11.3 Å². The van der Waals surface area contributed by atoms with E-state index in [1.54, 1.807) is 4.90 Å². The Balaban J connectivity index is 1.34. The van der Waals surface area contributed by atoms with Gasteiger partial charge in [0.1, 0.15) is 29.3 Å². The van der Waals surface area contributed by atoms with Crippen LogP contribution in [0.25, 0.3) is 11.5 Å². The molecule has 43 heavy (non-hydrogen) atoms. The van der Waals surface area contributed by atoms with Crippen LogP contribution >= 0.6 is 11.3 Å². The number of nitriles is 1. The molecule has 0 radical (unpaired) electrons. The summed E-state index contributed by atoms with van der Waals surface area (Å²) in [5.41, 5.74) is 8.55. The molecule has 0 saturated carbocycles. The number of amides is 1. The quantitative estimate of drug-likeness (QED) is 0.401. The van der Waals surface area contributed by atoms with Crippen LogP contribution in [0.5, 0.6) is 0 Å². The summed E-state index contributed by atoms with van der Waals surface area (Å²) in [6.45, 7) is 11.2. The molecule has 0 spiro atoms. The number of nitrogens with zero attached hydrogens (tertiary/aromatic N) is 8. The molecule has 0 bridgehead atoms. The fourth-order valence-electron chi connectivity index (χ4n) is 6.46. The second-order valence-electron chi connectivity index (χ2n) is 11.5. The molecule has 2 fully saturated rings. The number of thiophene rings is 1. The third kappa shape index (κ3) is 5.45. The van der Waals surface area contributed by atoms with Gasteiger partial charge in [0.25, 0.3) is 0 Å². The molecule has 13 heteroatoms. The number of nitrogen functional groups attached to an aromatic ring is 1. The highest BCUT2D eigenvalue weighted by Gasteiger charge is 2.43. The first kappa shape index (κ1) is 29.1. The number of rotatable bonds is 7. The van der Waals surface area contributed by atoms with Crippen molar-refractivity contribution in [3.8, 4) is 17.6 Å². The van der Waals surface area contributed by atoms with E-state index in [1.807, 2.05) is 13.0 Å². The number of piperazine rings is 2. The number of fused-ring (bicyclic) bond motifs is 1. The van der Waals surface area contributed by atoms with Crippen molar-refractivity contribution in [2.45, 2.75) is 31.6 Å². The fraction of sp³-hybridized carbons (Fsp3) is 0.500. The van der Waals surface area contributed by atoms with Gasteiger partial charge in [-0.3, -0.25) is 9.69 Å². The predicted octanol–water partition coefficient (Wildman–Crippen LogP) is 3.22. The van der Waals surface area contributed by atoms with E-state index in [-0.39, 0.29) is 12.6 Å². The van der Waals surface area contributed by atoms with Crippen molar-refractivity contribution in [1.82, 2.24) is 24.9 Å². The second-order valence-corrected chi connectivity index (χ2v) is 12.6. The Morgan fingerprint density at radius 3 is 2.63 bits per heavy atom. The van der Waals surface area contributed by atoms with Gasteiger partial charge in [-0.05, 0) is 38.3 Å². The Hall–Kier alpha value is -4.02. The molecule has 2 aliphatic heterocycles. The van der Waals surface area contributed by atoms with E-state index in [2.05, 4.69) is 38.6 Å². The van der Waals surface area contributed by atoms with E-state index < -0.39 is 5.41 Å². The van der Waals surface area contributed by atoms with Gasteiger partial charge in [0, 0.05) is 81.1 Å². The summed E-state index contributed by atoms with van der Waals surface area (Å²) < 4.78 is 18.9. The lowest BCUT2D eigenvalue weighted by Gasteiger charge is -2.37. The van der Waals surface area contributed by atoms with Gasteiger partial charge in [0.15, 0.2) is 0 Å². The lowest BCUT2D eigenvalue weighted by Crippen LogP contribution is -2.48. The average molecular weight is 606 g/mol. The molecule has 3 aromatic rings. The van der Waals surface area contributed by atoms with Gasteiger partial charge < -0.3 is 25.0 Å². The molecular formula is C30H36FN9O2S. The maximum atomic E-state index is 12.9. The number of alkyl halides is 1. The van der Waals surface area contributed by atoms with Crippen LogP contribution in [0.1, 0.15) is 41.7 Å². The molecular weight excluding hydrogens is 569 g/mol. The number of halogens is 1. The number of hydrogen-bond donors (Lipinski definition) is 1. The highest BCUT2D eigenvalue weighted by Crippen LogP contribution is 2.48. The Morgan fingerprint density at radius 2 is 1.93 bits per heavy atom. The molecule has 0 aromatic carbocycles. The van der Waals surface area contributed by atoms with Crippen molar-refractivity contribution in [2.75, 3.05) is 81.1 Å². The Kier molecular flexibility index (Phi) is 8.07. The van der Waals surface area contributed by atoms with Crippen LogP contribution in [0, 0.1) is 11.3 Å². The first-order valence-corrected chi connectivity index (χ1v) is 15.5. The first-order chi connectivity index (χ1) is 20.8. The smallest absolute Gasteiger partial charge is 0.246 e. The third-order valence-corrected chi connectivity index (χ3v) is 9.98. The summed E-state index contributed by atoms with van der Waals surface area (Å²) in [7, 11) is 0. The number of pyridine rings is 1. The van der Waals surface area contributed by atoms with Crippen molar-refractivity contribution in [3.05, 3.63) is 46.7 Å². The summed E-state index contributed by atoms with van der Waals surface area (Å²) in [5.74, 6) is 1.56. The molecule has 5 heterocycles. The highest BCUT2D eigenvalue weighted by atomic mass is 32.1. The molecule has 1 amide bonds. The summed E-state index contributed by atoms with van der Waals surface area (Å²) in [5, 5.41) is 14.8. The van der Waals surface area contributed by atoms with Crippen molar-refractivity contribution >= 4 is 33.8 Å². The molecule has 3 aromatic heterocycles. The van der Waals surface area contributed by atoms with Crippen LogP contribution in [0.15, 0.2) is 29.3 Å². The Morgan fingerprint density at radius 1 is 1.19 bits per heavy atom. The molecule has 226 valence electrons. The summed E-state index contributed by atoms with van der Waals surface area (Å²) >= 11 is 1.47. The van der Waals surface area contributed by atoms with Crippen LogP contribution in [-0.2, 0) is 16.6 Å². The largest absolute Gasteiger partial charge is 0.389 e. The average Bonchev–Trinajstić information content (AvgIpc) is 3.67. The molecule has 11 nitrogen and oxygen atoms in total. The third-order valence-electron chi connectivity index (χ3n) is 8.90. The van der Waals surface area contributed by atoms with Gasteiger partial charge in [-0.2, -0.15) is 10.2 Å². The zero-order valence-corrected chi connectivity index (χ0v) is 25.2. The fourth-order valence-corrected chi connectivity index (χ4v) is 7.65. The van der Waals surface area contributed by atoms with Gasteiger partial charge >= 0.3 is 0 Å². The van der Waals surface area contributed by atoms with E-state index in [0.29, 0.717) is 60.7 Å². The van der Waals surface area contributed by atoms with E-state index in [1.165, 1.54) is 17.4 Å². The van der Waals surface area contributed by atoms with Crippen LogP contribution < -0.4 is 15.5 Å². The van der Waals surface area contributed by atoms with Crippen LogP contribution in [0.3, 0.4) is 0 Å². The van der Waals surface area contributed by atoms with E-state index >= 15 is 0 Å². The number of carbonyl (C=O) groups excluding carboxylic acids is 1. The Bertz CT molecular complexity index is 1550. The molecule has 1 atom stereocenters. The molecule has 2 saturated heterocycles. The molecule has 1 aliphatic carbocycles. The number of hydrogen-bond acceptors (Lipinski definition) is 11. The predicted molar refractivity (Wildman–Crippen MR) is 164 cm³/mol. The summed E-state index contributed by atoms with van der Waals surface area (Å²) in [4.78, 5) is 31.5. The molecule has 2 N–H and O–H groups in total. The Labute approximate surface area is 254 Å². The van der Waals surface area contributed by atoms with Crippen molar-refractivity contribution in [2.24, 2.45) is 0 Å². The lowest BCUT2D eigenvalue weighted by atomic mass is 9.72. The van der Waals surface area contributed by atoms with Crippen molar-refractivity contribution in [1.29, 1.82) is 5.26 Å². The van der Waals surface area contributed by atoms with Gasteiger partial charge in [-0.1, -0.05) is 11.7 Å². The lowest BCUT2D eigenvalue weighted by molar-refractivity contribution is -0.126. The second kappa shape index (κ2) is 11.9. The first-order valence-electron chi connectivity index (χ1n) is 14.7. The van der Waals surface area contributed by atoms with Crippen molar-refractivity contribution in [3.63, 3.8) is 0 Å².